The molecule has 0 unspecified atom stereocenters. The van der Waals surface area contributed by atoms with Crippen LogP contribution in [0.4, 0.5) is 0 Å². The van der Waals surface area contributed by atoms with Crippen molar-refractivity contribution in [2.24, 2.45) is 0 Å². The van der Waals surface area contributed by atoms with Gasteiger partial charge in [-0.15, -0.1) is 0 Å². The average molecular weight is 277 g/mol. The van der Waals surface area contributed by atoms with Crippen molar-refractivity contribution in [2.45, 2.75) is 6.42 Å². The molecular formula is C10H13ClN2O3S. The largest absolute Gasteiger partial charge is 0.351 e. The monoisotopic (exact) mass is 276 g/mol. The van der Waals surface area contributed by atoms with Gasteiger partial charge in [0, 0.05) is 12.8 Å². The lowest BCUT2D eigenvalue weighted by Crippen LogP contribution is -2.26. The van der Waals surface area contributed by atoms with Gasteiger partial charge in [0.1, 0.15) is 20.7 Å². The standard InChI is InChI=1S/C10H13ClN2O3S/c1-17(15,16)7-3-6-12-10(14)8-4-2-5-9(11)13-8/h2,4-5H,3,6-7H2,1H3,(H,12,14). The van der Waals surface area contributed by atoms with Gasteiger partial charge in [0.15, 0.2) is 0 Å². The topological polar surface area (TPSA) is 76.1 Å². The van der Waals surface area contributed by atoms with Gasteiger partial charge in [-0.2, -0.15) is 0 Å². The Morgan fingerprint density at radius 1 is 1.47 bits per heavy atom. The maximum Gasteiger partial charge on any atom is 0.269 e. The van der Waals surface area contributed by atoms with Gasteiger partial charge < -0.3 is 5.32 Å². The van der Waals surface area contributed by atoms with E-state index in [1.54, 1.807) is 12.1 Å². The summed E-state index contributed by atoms with van der Waals surface area (Å²) in [6.07, 6.45) is 1.54. The number of amides is 1. The fraction of sp³-hybridized carbons (Fsp3) is 0.400. The van der Waals surface area contributed by atoms with Gasteiger partial charge in [-0.25, -0.2) is 13.4 Å². The van der Waals surface area contributed by atoms with Crippen LogP contribution in [0.15, 0.2) is 18.2 Å². The van der Waals surface area contributed by atoms with E-state index in [0.29, 0.717) is 13.0 Å². The van der Waals surface area contributed by atoms with E-state index < -0.39 is 9.84 Å². The van der Waals surface area contributed by atoms with Crippen LogP contribution in [0, 0.1) is 0 Å². The van der Waals surface area contributed by atoms with Gasteiger partial charge in [-0.3, -0.25) is 4.79 Å². The minimum atomic E-state index is -2.98. The molecule has 1 aromatic heterocycles. The number of hydrogen-bond donors (Lipinski definition) is 1. The van der Waals surface area contributed by atoms with E-state index in [-0.39, 0.29) is 22.5 Å². The van der Waals surface area contributed by atoms with Gasteiger partial charge in [0.25, 0.3) is 5.91 Å². The lowest BCUT2D eigenvalue weighted by atomic mass is 10.3. The van der Waals surface area contributed by atoms with Crippen molar-refractivity contribution < 1.29 is 13.2 Å². The zero-order valence-corrected chi connectivity index (χ0v) is 10.9. The Morgan fingerprint density at radius 3 is 2.76 bits per heavy atom. The summed E-state index contributed by atoms with van der Waals surface area (Å²) in [5.74, 6) is -0.308. The third-order valence-corrected chi connectivity index (χ3v) is 3.17. The first-order chi connectivity index (χ1) is 7.88. The molecule has 0 atom stereocenters. The molecule has 1 aromatic rings. The summed E-state index contributed by atoms with van der Waals surface area (Å²) in [7, 11) is -2.98. The number of halogens is 1. The van der Waals surface area contributed by atoms with E-state index in [1.165, 1.54) is 6.07 Å². The van der Waals surface area contributed by atoms with Crippen LogP contribution in [0.25, 0.3) is 0 Å². The molecule has 1 N–H and O–H groups in total. The van der Waals surface area contributed by atoms with Crippen molar-refractivity contribution in [3.05, 3.63) is 29.0 Å². The zero-order valence-electron chi connectivity index (χ0n) is 9.31. The number of aromatic nitrogens is 1. The van der Waals surface area contributed by atoms with Crippen LogP contribution in [0.2, 0.25) is 5.15 Å². The number of carbonyl (C=O) groups excluding carboxylic acids is 1. The van der Waals surface area contributed by atoms with E-state index >= 15 is 0 Å². The molecule has 7 heteroatoms. The molecule has 0 aliphatic rings. The normalized spacial score (nSPS) is 11.2. The molecule has 1 heterocycles. The van der Waals surface area contributed by atoms with Crippen LogP contribution >= 0.6 is 11.6 Å². The highest BCUT2D eigenvalue weighted by atomic mass is 35.5. The number of hydrogen-bond acceptors (Lipinski definition) is 4. The molecule has 5 nitrogen and oxygen atoms in total. The van der Waals surface area contributed by atoms with E-state index in [2.05, 4.69) is 10.3 Å². The molecule has 1 rings (SSSR count). The summed E-state index contributed by atoms with van der Waals surface area (Å²) in [6.45, 7) is 0.292. The molecular weight excluding hydrogens is 264 g/mol. The molecule has 0 saturated carbocycles. The van der Waals surface area contributed by atoms with Crippen molar-refractivity contribution >= 4 is 27.3 Å². The van der Waals surface area contributed by atoms with Crippen LogP contribution in [-0.2, 0) is 9.84 Å². The summed E-state index contributed by atoms with van der Waals surface area (Å²) in [5.41, 5.74) is 0.219. The molecule has 0 aromatic carbocycles. The van der Waals surface area contributed by atoms with Crippen molar-refractivity contribution in [1.82, 2.24) is 10.3 Å². The summed E-state index contributed by atoms with van der Waals surface area (Å²) in [4.78, 5) is 15.4. The van der Waals surface area contributed by atoms with Crippen molar-refractivity contribution in [3.8, 4) is 0 Å². The SMILES string of the molecule is CS(=O)(=O)CCCNC(=O)c1cccc(Cl)n1. The number of sulfone groups is 1. The Bertz CT molecular complexity index is 502. The van der Waals surface area contributed by atoms with Crippen LogP contribution in [-0.4, -0.2) is 37.9 Å². The molecule has 17 heavy (non-hydrogen) atoms. The maximum absolute atomic E-state index is 11.5. The summed E-state index contributed by atoms with van der Waals surface area (Å²) >= 11 is 5.64. The van der Waals surface area contributed by atoms with E-state index in [9.17, 15) is 13.2 Å². The molecule has 0 fully saturated rings. The molecule has 94 valence electrons. The Balaban J connectivity index is 2.41. The van der Waals surface area contributed by atoms with Crippen LogP contribution in [0.3, 0.4) is 0 Å². The van der Waals surface area contributed by atoms with Crippen LogP contribution < -0.4 is 5.32 Å². The third kappa shape index (κ3) is 5.65. The molecule has 0 aliphatic carbocycles. The number of carbonyl (C=O) groups is 1. The lowest BCUT2D eigenvalue weighted by molar-refractivity contribution is 0.0948. The second kappa shape index (κ2) is 5.97. The molecule has 1 amide bonds. The third-order valence-electron chi connectivity index (χ3n) is 1.93. The van der Waals surface area contributed by atoms with Gasteiger partial charge in [0.05, 0.1) is 5.75 Å². The quantitative estimate of drug-likeness (QED) is 0.640. The molecule has 0 spiro atoms. The Labute approximate surface area is 105 Å². The number of nitrogens with zero attached hydrogens (tertiary/aromatic N) is 1. The zero-order chi connectivity index (χ0) is 12.9. The highest BCUT2D eigenvalue weighted by molar-refractivity contribution is 7.90. The minimum Gasteiger partial charge on any atom is -0.351 e. The van der Waals surface area contributed by atoms with Gasteiger partial charge >= 0.3 is 0 Å². The minimum absolute atomic E-state index is 0.0518. The Kier molecular flexibility index (Phi) is 4.89. The van der Waals surface area contributed by atoms with Crippen molar-refractivity contribution in [2.75, 3.05) is 18.6 Å². The van der Waals surface area contributed by atoms with Crippen molar-refractivity contribution in [3.63, 3.8) is 0 Å². The Hall–Kier alpha value is -1.14. The molecule has 0 bridgehead atoms. The van der Waals surface area contributed by atoms with Crippen molar-refractivity contribution in [1.29, 1.82) is 0 Å². The smallest absolute Gasteiger partial charge is 0.269 e. The van der Waals surface area contributed by atoms with Crippen LogP contribution in [0.5, 0.6) is 0 Å². The Morgan fingerprint density at radius 2 is 2.18 bits per heavy atom. The maximum atomic E-state index is 11.5. The second-order valence-electron chi connectivity index (χ2n) is 3.58. The first kappa shape index (κ1) is 13.9. The predicted octanol–water partition coefficient (Wildman–Crippen LogP) is 0.899. The van der Waals surface area contributed by atoms with Crippen LogP contribution in [0.1, 0.15) is 16.9 Å². The summed E-state index contributed by atoms with van der Waals surface area (Å²) < 4.78 is 21.7. The number of nitrogens with one attached hydrogen (secondary N) is 1. The van der Waals surface area contributed by atoms with E-state index in [4.69, 9.17) is 11.6 Å². The average Bonchev–Trinajstić information content (AvgIpc) is 2.23. The number of rotatable bonds is 5. The summed E-state index contributed by atoms with van der Waals surface area (Å²) in [6, 6.07) is 4.74. The van der Waals surface area contributed by atoms with E-state index in [1.807, 2.05) is 0 Å². The van der Waals surface area contributed by atoms with Gasteiger partial charge in [0.2, 0.25) is 0 Å². The first-order valence-electron chi connectivity index (χ1n) is 4.97. The van der Waals surface area contributed by atoms with E-state index in [0.717, 1.165) is 6.26 Å². The highest BCUT2D eigenvalue weighted by Gasteiger charge is 2.07. The fourth-order valence-electron chi connectivity index (χ4n) is 1.16. The predicted molar refractivity (Wildman–Crippen MR) is 65.9 cm³/mol. The first-order valence-corrected chi connectivity index (χ1v) is 7.41. The highest BCUT2D eigenvalue weighted by Crippen LogP contribution is 2.04. The molecule has 0 saturated heterocycles. The van der Waals surface area contributed by atoms with Gasteiger partial charge in [-0.1, -0.05) is 17.7 Å². The molecule has 0 aliphatic heterocycles. The fourth-order valence-corrected chi connectivity index (χ4v) is 1.99. The lowest BCUT2D eigenvalue weighted by Gasteiger charge is -2.04. The summed E-state index contributed by atoms with van der Waals surface area (Å²) in [5, 5.41) is 2.82. The van der Waals surface area contributed by atoms with Gasteiger partial charge in [-0.05, 0) is 18.6 Å². The molecule has 0 radical (unpaired) electrons. The number of pyridine rings is 1. The second-order valence-corrected chi connectivity index (χ2v) is 6.23.